The van der Waals surface area contributed by atoms with Crippen molar-refractivity contribution in [3.05, 3.63) is 71.3 Å². The third-order valence-corrected chi connectivity index (χ3v) is 4.51. The molecule has 126 valence electrons. The van der Waals surface area contributed by atoms with Crippen LogP contribution in [0, 0.1) is 17.6 Å². The number of halogens is 2. The summed E-state index contributed by atoms with van der Waals surface area (Å²) in [7, 11) is 1.33. The number of methoxy groups -OCH3 is 1. The summed E-state index contributed by atoms with van der Waals surface area (Å²) in [4.78, 5) is 14.2. The number of esters is 1. The maximum Gasteiger partial charge on any atom is 0.310 e. The lowest BCUT2D eigenvalue weighted by Gasteiger charge is -2.17. The van der Waals surface area contributed by atoms with Crippen molar-refractivity contribution in [1.82, 2.24) is 4.90 Å². The van der Waals surface area contributed by atoms with Gasteiger partial charge in [-0.3, -0.25) is 9.69 Å². The van der Waals surface area contributed by atoms with Gasteiger partial charge in [0.15, 0.2) is 0 Å². The highest BCUT2D eigenvalue weighted by Crippen LogP contribution is 2.35. The molecule has 0 N–H and O–H groups in total. The van der Waals surface area contributed by atoms with Crippen molar-refractivity contribution in [2.75, 3.05) is 20.2 Å². The average molecular weight is 331 g/mol. The first-order valence-electron chi connectivity index (χ1n) is 7.87. The minimum atomic E-state index is -0.620. The monoisotopic (exact) mass is 331 g/mol. The minimum absolute atomic E-state index is 0.346. The van der Waals surface area contributed by atoms with E-state index in [9.17, 15) is 13.6 Å². The van der Waals surface area contributed by atoms with Crippen molar-refractivity contribution < 1.29 is 18.3 Å². The first kappa shape index (κ1) is 16.6. The quantitative estimate of drug-likeness (QED) is 0.805. The van der Waals surface area contributed by atoms with Crippen LogP contribution < -0.4 is 0 Å². The van der Waals surface area contributed by atoms with Crippen molar-refractivity contribution in [2.45, 2.75) is 12.5 Å². The molecule has 1 saturated heterocycles. The zero-order chi connectivity index (χ0) is 17.1. The molecule has 1 aliphatic rings. The number of ether oxygens (including phenoxy) is 1. The maximum atomic E-state index is 14.2. The van der Waals surface area contributed by atoms with E-state index in [4.69, 9.17) is 4.74 Å². The topological polar surface area (TPSA) is 29.5 Å². The second kappa shape index (κ2) is 7.09. The molecular weight excluding hydrogens is 312 g/mol. The van der Waals surface area contributed by atoms with Gasteiger partial charge in [-0.25, -0.2) is 8.78 Å². The number of carbonyl (C=O) groups is 1. The number of hydrogen-bond donors (Lipinski definition) is 0. The van der Waals surface area contributed by atoms with Crippen LogP contribution in [0.5, 0.6) is 0 Å². The van der Waals surface area contributed by atoms with Gasteiger partial charge in [0.05, 0.1) is 13.0 Å². The number of benzene rings is 2. The summed E-state index contributed by atoms with van der Waals surface area (Å²) in [5.41, 5.74) is 1.49. The molecule has 2 aromatic carbocycles. The Labute approximate surface area is 139 Å². The van der Waals surface area contributed by atoms with Gasteiger partial charge in [0, 0.05) is 31.6 Å². The molecule has 2 atom stereocenters. The number of nitrogens with zero attached hydrogens (tertiary/aromatic N) is 1. The summed E-state index contributed by atoms with van der Waals surface area (Å²) in [5.74, 6) is -2.40. The van der Waals surface area contributed by atoms with Gasteiger partial charge in [0.1, 0.15) is 11.6 Å². The van der Waals surface area contributed by atoms with Gasteiger partial charge in [-0.15, -0.1) is 0 Å². The molecule has 1 heterocycles. The van der Waals surface area contributed by atoms with Crippen LogP contribution in [0.1, 0.15) is 17.0 Å². The van der Waals surface area contributed by atoms with Gasteiger partial charge in [-0.05, 0) is 17.2 Å². The molecule has 1 fully saturated rings. The van der Waals surface area contributed by atoms with Crippen LogP contribution in [-0.4, -0.2) is 31.1 Å². The zero-order valence-electron chi connectivity index (χ0n) is 13.4. The van der Waals surface area contributed by atoms with E-state index in [0.717, 1.165) is 11.6 Å². The Morgan fingerprint density at radius 1 is 1.17 bits per heavy atom. The highest BCUT2D eigenvalue weighted by atomic mass is 19.1. The van der Waals surface area contributed by atoms with Crippen LogP contribution in [0.25, 0.3) is 0 Å². The number of carbonyl (C=O) groups excluding carboxylic acids is 1. The van der Waals surface area contributed by atoms with Gasteiger partial charge in [0.25, 0.3) is 0 Å². The average Bonchev–Trinajstić information content (AvgIpc) is 2.98. The van der Waals surface area contributed by atoms with Crippen LogP contribution in [0.2, 0.25) is 0 Å². The third kappa shape index (κ3) is 3.46. The molecule has 0 saturated carbocycles. The number of rotatable bonds is 4. The van der Waals surface area contributed by atoms with Crippen LogP contribution in [-0.2, 0) is 16.1 Å². The molecule has 0 amide bonds. The van der Waals surface area contributed by atoms with Gasteiger partial charge in [-0.1, -0.05) is 36.4 Å². The van der Waals surface area contributed by atoms with Gasteiger partial charge in [0.2, 0.25) is 0 Å². The van der Waals surface area contributed by atoms with E-state index in [1.54, 1.807) is 0 Å². The molecule has 3 nitrogen and oxygen atoms in total. The van der Waals surface area contributed by atoms with Crippen LogP contribution >= 0.6 is 0 Å². The molecule has 24 heavy (non-hydrogen) atoms. The SMILES string of the molecule is COC(=O)[C@H]1CN(Cc2ccccc2)C[C@@H]1c1ccc(F)cc1F. The highest BCUT2D eigenvalue weighted by Gasteiger charge is 2.40. The van der Waals surface area contributed by atoms with Crippen molar-refractivity contribution in [3.63, 3.8) is 0 Å². The summed E-state index contributed by atoms with van der Waals surface area (Å²) in [5, 5.41) is 0. The summed E-state index contributed by atoms with van der Waals surface area (Å²) in [6.45, 7) is 1.69. The highest BCUT2D eigenvalue weighted by molar-refractivity contribution is 5.74. The van der Waals surface area contributed by atoms with Crippen molar-refractivity contribution >= 4 is 5.97 Å². The molecule has 5 heteroatoms. The second-order valence-electron chi connectivity index (χ2n) is 6.08. The normalized spacial score (nSPS) is 21.0. The number of hydrogen-bond acceptors (Lipinski definition) is 3. The molecule has 2 aromatic rings. The van der Waals surface area contributed by atoms with Gasteiger partial charge >= 0.3 is 5.97 Å². The molecule has 0 radical (unpaired) electrons. The van der Waals surface area contributed by atoms with Gasteiger partial charge in [-0.2, -0.15) is 0 Å². The first-order valence-corrected chi connectivity index (χ1v) is 7.87. The summed E-state index contributed by atoms with van der Waals surface area (Å²) in [6.07, 6.45) is 0. The fourth-order valence-electron chi connectivity index (χ4n) is 3.36. The predicted molar refractivity (Wildman–Crippen MR) is 86.3 cm³/mol. The second-order valence-corrected chi connectivity index (χ2v) is 6.08. The Hall–Kier alpha value is -2.27. The molecule has 0 aliphatic carbocycles. The minimum Gasteiger partial charge on any atom is -0.469 e. The Balaban J connectivity index is 1.84. The lowest BCUT2D eigenvalue weighted by atomic mass is 9.88. The Kier molecular flexibility index (Phi) is 4.90. The van der Waals surface area contributed by atoms with Gasteiger partial charge < -0.3 is 4.74 Å². The summed E-state index contributed by atoms with van der Waals surface area (Å²) >= 11 is 0. The van der Waals surface area contributed by atoms with E-state index >= 15 is 0 Å². The molecule has 0 bridgehead atoms. The molecular formula is C19H19F2NO2. The van der Waals surface area contributed by atoms with Crippen molar-refractivity contribution in [3.8, 4) is 0 Å². The fourth-order valence-corrected chi connectivity index (χ4v) is 3.36. The summed E-state index contributed by atoms with van der Waals surface area (Å²) < 4.78 is 32.3. The summed E-state index contributed by atoms with van der Waals surface area (Å²) in [6, 6.07) is 13.4. The van der Waals surface area contributed by atoms with E-state index in [-0.39, 0.29) is 11.9 Å². The van der Waals surface area contributed by atoms with Crippen LogP contribution in [0.3, 0.4) is 0 Å². The molecule has 0 aromatic heterocycles. The molecule has 0 spiro atoms. The van der Waals surface area contributed by atoms with Crippen molar-refractivity contribution in [1.29, 1.82) is 0 Å². The standard InChI is InChI=1S/C19H19F2NO2/c1-24-19(23)17-12-22(10-13-5-3-2-4-6-13)11-16(17)15-8-7-14(20)9-18(15)21/h2-9,16-17H,10-12H2,1H3/t16-,17+/m1/s1. The Bertz CT molecular complexity index is 721. The van der Waals surface area contributed by atoms with Crippen LogP contribution in [0.15, 0.2) is 48.5 Å². The van der Waals surface area contributed by atoms with E-state index in [0.29, 0.717) is 25.2 Å². The third-order valence-electron chi connectivity index (χ3n) is 4.51. The lowest BCUT2D eigenvalue weighted by molar-refractivity contribution is -0.145. The predicted octanol–water partition coefficient (Wildman–Crippen LogP) is 3.35. The fraction of sp³-hybridized carbons (Fsp3) is 0.316. The lowest BCUT2D eigenvalue weighted by Crippen LogP contribution is -2.24. The zero-order valence-corrected chi connectivity index (χ0v) is 13.4. The van der Waals surface area contributed by atoms with E-state index in [1.165, 1.54) is 19.2 Å². The van der Waals surface area contributed by atoms with E-state index < -0.39 is 17.6 Å². The molecule has 3 rings (SSSR count). The molecule has 1 aliphatic heterocycles. The van der Waals surface area contributed by atoms with Crippen molar-refractivity contribution in [2.24, 2.45) is 5.92 Å². The maximum absolute atomic E-state index is 14.2. The van der Waals surface area contributed by atoms with E-state index in [2.05, 4.69) is 4.90 Å². The number of likely N-dealkylation sites (tertiary alicyclic amines) is 1. The van der Waals surface area contributed by atoms with E-state index in [1.807, 2.05) is 30.3 Å². The smallest absolute Gasteiger partial charge is 0.310 e. The Morgan fingerprint density at radius 3 is 2.58 bits per heavy atom. The first-order chi connectivity index (χ1) is 11.6. The van der Waals surface area contributed by atoms with Crippen LogP contribution in [0.4, 0.5) is 8.78 Å². The Morgan fingerprint density at radius 2 is 1.92 bits per heavy atom. The largest absolute Gasteiger partial charge is 0.469 e. The molecule has 0 unspecified atom stereocenters.